The molecule has 1 N–H and O–H groups in total. The lowest BCUT2D eigenvalue weighted by Gasteiger charge is -2.26. The average Bonchev–Trinajstić information content (AvgIpc) is 2.26. The molecular formula is C12H16O4S. The van der Waals surface area contributed by atoms with Gasteiger partial charge in [-0.05, 0) is 30.5 Å². The predicted octanol–water partition coefficient (Wildman–Crippen LogP) is 0.787. The van der Waals surface area contributed by atoms with E-state index in [1.807, 2.05) is 24.3 Å². The highest BCUT2D eigenvalue weighted by molar-refractivity contribution is 7.92. The van der Waals surface area contributed by atoms with E-state index >= 15 is 0 Å². The summed E-state index contributed by atoms with van der Waals surface area (Å²) < 4.78 is 27.4. The zero-order valence-corrected chi connectivity index (χ0v) is 10.3. The third-order valence-electron chi connectivity index (χ3n) is 2.73. The number of aliphatic hydroxyl groups is 1. The van der Waals surface area contributed by atoms with Crippen LogP contribution in [0.4, 0.5) is 0 Å². The van der Waals surface area contributed by atoms with Gasteiger partial charge in [0, 0.05) is 6.61 Å². The molecule has 4 nitrogen and oxygen atoms in total. The molecule has 2 rings (SSSR count). The maximum Gasteiger partial charge on any atom is 0.157 e. The predicted molar refractivity (Wildman–Crippen MR) is 64.9 cm³/mol. The minimum Gasteiger partial charge on any atom is -0.488 e. The molecule has 1 fully saturated rings. The third-order valence-corrected chi connectivity index (χ3v) is 4.49. The van der Waals surface area contributed by atoms with Crippen LogP contribution in [0.3, 0.4) is 0 Å². The minimum absolute atomic E-state index is 0.124. The van der Waals surface area contributed by atoms with Gasteiger partial charge in [-0.2, -0.15) is 0 Å². The van der Waals surface area contributed by atoms with Crippen LogP contribution < -0.4 is 4.74 Å². The largest absolute Gasteiger partial charge is 0.488 e. The number of sulfone groups is 1. The Morgan fingerprint density at radius 2 is 1.88 bits per heavy atom. The Labute approximate surface area is 101 Å². The van der Waals surface area contributed by atoms with E-state index in [-0.39, 0.29) is 24.2 Å². The van der Waals surface area contributed by atoms with Gasteiger partial charge in [0.15, 0.2) is 9.84 Å². The number of aryl methyl sites for hydroxylation is 1. The van der Waals surface area contributed by atoms with Crippen LogP contribution in [0.2, 0.25) is 0 Å². The Hall–Kier alpha value is -1.07. The molecule has 0 aliphatic carbocycles. The Kier molecular flexibility index (Phi) is 3.69. The fourth-order valence-electron chi connectivity index (χ4n) is 1.80. The summed E-state index contributed by atoms with van der Waals surface area (Å²) in [6.07, 6.45) is 1.40. The summed E-state index contributed by atoms with van der Waals surface area (Å²) >= 11 is 0. The first-order valence-corrected chi connectivity index (χ1v) is 7.48. The van der Waals surface area contributed by atoms with Crippen molar-refractivity contribution in [2.45, 2.75) is 18.9 Å². The van der Waals surface area contributed by atoms with E-state index in [1.54, 1.807) is 0 Å². The van der Waals surface area contributed by atoms with Crippen LogP contribution in [-0.4, -0.2) is 37.7 Å². The number of rotatable bonds is 5. The van der Waals surface area contributed by atoms with Crippen molar-refractivity contribution in [2.24, 2.45) is 0 Å². The van der Waals surface area contributed by atoms with Crippen LogP contribution in [-0.2, 0) is 16.3 Å². The van der Waals surface area contributed by atoms with Crippen molar-refractivity contribution in [3.8, 4) is 5.75 Å². The monoisotopic (exact) mass is 256 g/mol. The second-order valence-corrected chi connectivity index (χ2v) is 6.44. The summed E-state index contributed by atoms with van der Waals surface area (Å²) in [5.41, 5.74) is 1.15. The van der Waals surface area contributed by atoms with Crippen LogP contribution in [0.5, 0.6) is 5.75 Å². The van der Waals surface area contributed by atoms with Gasteiger partial charge in [-0.3, -0.25) is 0 Å². The van der Waals surface area contributed by atoms with E-state index in [0.29, 0.717) is 5.75 Å². The molecule has 0 aromatic heterocycles. The first kappa shape index (κ1) is 12.4. The first-order valence-electron chi connectivity index (χ1n) is 5.66. The maximum atomic E-state index is 11.0. The van der Waals surface area contributed by atoms with E-state index in [2.05, 4.69) is 0 Å². The molecule has 1 aliphatic rings. The number of hydrogen-bond donors (Lipinski definition) is 1. The second kappa shape index (κ2) is 5.06. The molecule has 17 heavy (non-hydrogen) atoms. The molecule has 1 heterocycles. The Morgan fingerprint density at radius 3 is 2.41 bits per heavy atom. The highest BCUT2D eigenvalue weighted by atomic mass is 32.2. The SMILES string of the molecule is O=S1(=O)CC(Oc2ccc(CCCO)cc2)C1. The van der Waals surface area contributed by atoms with Crippen molar-refractivity contribution in [1.29, 1.82) is 0 Å². The molecule has 94 valence electrons. The van der Waals surface area contributed by atoms with Gasteiger partial charge < -0.3 is 9.84 Å². The zero-order chi connectivity index (χ0) is 12.3. The molecule has 0 atom stereocenters. The van der Waals surface area contributed by atoms with E-state index in [4.69, 9.17) is 9.84 Å². The van der Waals surface area contributed by atoms with E-state index in [1.165, 1.54) is 0 Å². The highest BCUT2D eigenvalue weighted by Gasteiger charge is 2.35. The quantitative estimate of drug-likeness (QED) is 0.846. The number of hydrogen-bond acceptors (Lipinski definition) is 4. The summed E-state index contributed by atoms with van der Waals surface area (Å²) in [5.74, 6) is 0.955. The van der Waals surface area contributed by atoms with Gasteiger partial charge in [0.2, 0.25) is 0 Å². The molecule has 0 spiro atoms. The van der Waals surface area contributed by atoms with Crippen LogP contribution in [0, 0.1) is 0 Å². The van der Waals surface area contributed by atoms with Gasteiger partial charge in [0.25, 0.3) is 0 Å². The summed E-state index contributed by atoms with van der Waals surface area (Å²) in [6.45, 7) is 0.193. The fourth-order valence-corrected chi connectivity index (χ4v) is 2.97. The molecule has 1 aromatic rings. The zero-order valence-electron chi connectivity index (χ0n) is 9.50. The Balaban J connectivity index is 1.86. The first-order chi connectivity index (χ1) is 8.09. The van der Waals surface area contributed by atoms with Crippen molar-refractivity contribution in [3.05, 3.63) is 29.8 Å². The van der Waals surface area contributed by atoms with E-state index in [9.17, 15) is 8.42 Å². The van der Waals surface area contributed by atoms with Gasteiger partial charge in [0.05, 0.1) is 11.5 Å². The van der Waals surface area contributed by atoms with Crippen molar-refractivity contribution < 1.29 is 18.3 Å². The average molecular weight is 256 g/mol. The van der Waals surface area contributed by atoms with Gasteiger partial charge in [0.1, 0.15) is 11.9 Å². The van der Waals surface area contributed by atoms with Gasteiger partial charge in [-0.25, -0.2) is 8.42 Å². The van der Waals surface area contributed by atoms with Crippen LogP contribution >= 0.6 is 0 Å². The van der Waals surface area contributed by atoms with E-state index in [0.717, 1.165) is 18.4 Å². The molecule has 5 heteroatoms. The lowest BCUT2D eigenvalue weighted by Crippen LogP contribution is -2.45. The summed E-state index contributed by atoms with van der Waals surface area (Å²) in [6, 6.07) is 7.58. The highest BCUT2D eigenvalue weighted by Crippen LogP contribution is 2.20. The van der Waals surface area contributed by atoms with Crippen molar-refractivity contribution in [2.75, 3.05) is 18.1 Å². The van der Waals surface area contributed by atoms with E-state index < -0.39 is 9.84 Å². The van der Waals surface area contributed by atoms with Gasteiger partial charge in [-0.15, -0.1) is 0 Å². The number of benzene rings is 1. The molecule has 1 saturated heterocycles. The second-order valence-electron chi connectivity index (χ2n) is 4.29. The standard InChI is InChI=1S/C12H16O4S/c13-7-1-2-10-3-5-11(6-4-10)16-12-8-17(14,15)9-12/h3-6,12-13H,1-2,7-9H2. The van der Waals surface area contributed by atoms with Crippen LogP contribution in [0.1, 0.15) is 12.0 Å². The topological polar surface area (TPSA) is 63.6 Å². The molecule has 0 amide bonds. The minimum atomic E-state index is -2.82. The maximum absolute atomic E-state index is 11.0. The molecule has 1 aliphatic heterocycles. The Morgan fingerprint density at radius 1 is 1.24 bits per heavy atom. The lowest BCUT2D eigenvalue weighted by molar-refractivity contribution is 0.230. The smallest absolute Gasteiger partial charge is 0.157 e. The van der Waals surface area contributed by atoms with Crippen molar-refractivity contribution in [1.82, 2.24) is 0 Å². The molecular weight excluding hydrogens is 240 g/mol. The van der Waals surface area contributed by atoms with Crippen molar-refractivity contribution >= 4 is 9.84 Å². The van der Waals surface area contributed by atoms with Gasteiger partial charge in [-0.1, -0.05) is 12.1 Å². The molecule has 0 unspecified atom stereocenters. The lowest BCUT2D eigenvalue weighted by atomic mass is 10.1. The summed E-state index contributed by atoms with van der Waals surface area (Å²) in [4.78, 5) is 0. The normalized spacial score (nSPS) is 18.6. The fraction of sp³-hybridized carbons (Fsp3) is 0.500. The molecule has 0 bridgehead atoms. The van der Waals surface area contributed by atoms with Crippen LogP contribution in [0.25, 0.3) is 0 Å². The molecule has 0 saturated carbocycles. The Bertz CT molecular complexity index is 452. The van der Waals surface area contributed by atoms with Gasteiger partial charge >= 0.3 is 0 Å². The number of aliphatic hydroxyl groups excluding tert-OH is 1. The summed E-state index contributed by atoms with van der Waals surface area (Å²) in [7, 11) is -2.82. The number of ether oxygens (including phenoxy) is 1. The van der Waals surface area contributed by atoms with Crippen LogP contribution in [0.15, 0.2) is 24.3 Å². The summed E-state index contributed by atoms with van der Waals surface area (Å²) in [5, 5.41) is 8.71. The molecule has 1 aromatic carbocycles. The third kappa shape index (κ3) is 3.44. The van der Waals surface area contributed by atoms with Crippen molar-refractivity contribution in [3.63, 3.8) is 0 Å². The molecule has 0 radical (unpaired) electrons.